The first-order valence-electron chi connectivity index (χ1n) is 7.02. The first kappa shape index (κ1) is 16.0. The Bertz CT molecular complexity index is 583. The van der Waals surface area contributed by atoms with E-state index in [0.717, 1.165) is 34.7 Å². The fourth-order valence-electron chi connectivity index (χ4n) is 2.06. The van der Waals surface area contributed by atoms with Crippen LogP contribution in [0.15, 0.2) is 29.0 Å². The van der Waals surface area contributed by atoms with Crippen molar-refractivity contribution in [3.63, 3.8) is 0 Å². The van der Waals surface area contributed by atoms with E-state index in [0.29, 0.717) is 12.5 Å². The third-order valence-electron chi connectivity index (χ3n) is 2.98. The standard InChI is InChI=1S/C15H21BrN4O/c1-11(2)8-20-15(18-10-19-20)9-21-14-5-4-13(16)6-12(14)7-17-3/h4-6,10-11,17H,7-9H2,1-3H3. The minimum Gasteiger partial charge on any atom is -0.485 e. The summed E-state index contributed by atoms with van der Waals surface area (Å²) in [4.78, 5) is 4.28. The second-order valence-corrected chi connectivity index (χ2v) is 6.24. The zero-order valence-corrected chi connectivity index (χ0v) is 14.2. The van der Waals surface area contributed by atoms with Gasteiger partial charge in [-0.15, -0.1) is 0 Å². The molecule has 1 N–H and O–H groups in total. The monoisotopic (exact) mass is 352 g/mol. The molecule has 0 unspecified atom stereocenters. The Kier molecular flexibility index (Phi) is 5.76. The molecule has 5 nitrogen and oxygen atoms in total. The van der Waals surface area contributed by atoms with E-state index in [9.17, 15) is 0 Å². The van der Waals surface area contributed by atoms with E-state index in [1.54, 1.807) is 6.33 Å². The van der Waals surface area contributed by atoms with Gasteiger partial charge in [-0.2, -0.15) is 5.10 Å². The van der Waals surface area contributed by atoms with Crippen molar-refractivity contribution < 1.29 is 4.74 Å². The fraction of sp³-hybridized carbons (Fsp3) is 0.467. The molecule has 21 heavy (non-hydrogen) atoms. The van der Waals surface area contributed by atoms with Crippen molar-refractivity contribution in [3.05, 3.63) is 40.4 Å². The van der Waals surface area contributed by atoms with Crippen molar-refractivity contribution >= 4 is 15.9 Å². The normalized spacial score (nSPS) is 11.1. The average Bonchev–Trinajstić information content (AvgIpc) is 2.85. The van der Waals surface area contributed by atoms with Crippen molar-refractivity contribution in [1.82, 2.24) is 20.1 Å². The maximum atomic E-state index is 5.93. The van der Waals surface area contributed by atoms with E-state index in [-0.39, 0.29) is 0 Å². The molecule has 0 bridgehead atoms. The SMILES string of the molecule is CNCc1cc(Br)ccc1OCc1ncnn1CC(C)C. The molecule has 0 aliphatic heterocycles. The first-order chi connectivity index (χ1) is 10.1. The molecule has 1 aromatic heterocycles. The predicted molar refractivity (Wildman–Crippen MR) is 86.1 cm³/mol. The number of hydrogen-bond donors (Lipinski definition) is 1. The molecule has 0 saturated carbocycles. The molecule has 0 spiro atoms. The fourth-order valence-corrected chi connectivity index (χ4v) is 2.47. The quantitative estimate of drug-likeness (QED) is 0.832. The van der Waals surface area contributed by atoms with E-state index in [1.165, 1.54) is 0 Å². The van der Waals surface area contributed by atoms with Crippen LogP contribution in [0.5, 0.6) is 5.75 Å². The molecule has 0 radical (unpaired) electrons. The van der Waals surface area contributed by atoms with Gasteiger partial charge in [-0.25, -0.2) is 9.67 Å². The van der Waals surface area contributed by atoms with E-state index in [2.05, 4.69) is 51.2 Å². The van der Waals surface area contributed by atoms with Crippen LogP contribution in [0.25, 0.3) is 0 Å². The Balaban J connectivity index is 2.08. The lowest BCUT2D eigenvalue weighted by Crippen LogP contribution is -2.13. The third-order valence-corrected chi connectivity index (χ3v) is 3.47. The minimum atomic E-state index is 0.422. The Morgan fingerprint density at radius 3 is 2.90 bits per heavy atom. The molecule has 1 aromatic carbocycles. The lowest BCUT2D eigenvalue weighted by Gasteiger charge is -2.13. The van der Waals surface area contributed by atoms with Gasteiger partial charge in [0.05, 0.1) is 0 Å². The van der Waals surface area contributed by atoms with Crippen LogP contribution in [0.1, 0.15) is 25.2 Å². The van der Waals surface area contributed by atoms with E-state index in [4.69, 9.17) is 4.74 Å². The number of aromatic nitrogens is 3. The van der Waals surface area contributed by atoms with Gasteiger partial charge in [0.25, 0.3) is 0 Å². The Morgan fingerprint density at radius 1 is 1.38 bits per heavy atom. The van der Waals surface area contributed by atoms with Crippen LogP contribution < -0.4 is 10.1 Å². The van der Waals surface area contributed by atoms with Gasteiger partial charge >= 0.3 is 0 Å². The number of rotatable bonds is 7. The van der Waals surface area contributed by atoms with Gasteiger partial charge in [0.1, 0.15) is 18.7 Å². The molecule has 0 aliphatic rings. The molecule has 1 heterocycles. The van der Waals surface area contributed by atoms with Gasteiger partial charge in [-0.05, 0) is 31.2 Å². The van der Waals surface area contributed by atoms with Crippen LogP contribution in [0.4, 0.5) is 0 Å². The predicted octanol–water partition coefficient (Wildman–Crippen LogP) is 3.00. The van der Waals surface area contributed by atoms with Crippen molar-refractivity contribution in [1.29, 1.82) is 0 Å². The van der Waals surface area contributed by atoms with Gasteiger partial charge in [-0.1, -0.05) is 29.8 Å². The van der Waals surface area contributed by atoms with Crippen LogP contribution in [0.2, 0.25) is 0 Å². The van der Waals surface area contributed by atoms with Crippen LogP contribution in [-0.4, -0.2) is 21.8 Å². The molecule has 0 atom stereocenters. The summed E-state index contributed by atoms with van der Waals surface area (Å²) in [6.07, 6.45) is 1.58. The van der Waals surface area contributed by atoms with E-state index in [1.807, 2.05) is 23.9 Å². The summed E-state index contributed by atoms with van der Waals surface area (Å²) in [5.41, 5.74) is 1.11. The maximum absolute atomic E-state index is 5.93. The van der Waals surface area contributed by atoms with Crippen LogP contribution >= 0.6 is 15.9 Å². The number of nitrogens with one attached hydrogen (secondary N) is 1. The van der Waals surface area contributed by atoms with Gasteiger partial charge in [0, 0.05) is 23.1 Å². The molecule has 6 heteroatoms. The average molecular weight is 353 g/mol. The molecular weight excluding hydrogens is 332 g/mol. The maximum Gasteiger partial charge on any atom is 0.164 e. The van der Waals surface area contributed by atoms with Crippen molar-refractivity contribution in [2.45, 2.75) is 33.5 Å². The highest BCUT2D eigenvalue weighted by Crippen LogP contribution is 2.24. The van der Waals surface area contributed by atoms with Gasteiger partial charge < -0.3 is 10.1 Å². The van der Waals surface area contributed by atoms with Gasteiger partial charge in [0.15, 0.2) is 5.82 Å². The number of halogens is 1. The summed E-state index contributed by atoms with van der Waals surface area (Å²) in [5, 5.41) is 7.40. The Labute approximate surface area is 133 Å². The van der Waals surface area contributed by atoms with Crippen molar-refractivity contribution in [2.24, 2.45) is 5.92 Å². The lowest BCUT2D eigenvalue weighted by atomic mass is 10.2. The van der Waals surface area contributed by atoms with Crippen molar-refractivity contribution in [2.75, 3.05) is 7.05 Å². The highest BCUT2D eigenvalue weighted by molar-refractivity contribution is 9.10. The Morgan fingerprint density at radius 2 is 2.19 bits per heavy atom. The molecule has 2 rings (SSSR count). The second-order valence-electron chi connectivity index (χ2n) is 5.32. The summed E-state index contributed by atoms with van der Waals surface area (Å²) in [7, 11) is 1.92. The summed E-state index contributed by atoms with van der Waals surface area (Å²) in [5.74, 6) is 2.24. The number of benzene rings is 1. The zero-order valence-electron chi connectivity index (χ0n) is 12.6. The third kappa shape index (κ3) is 4.54. The van der Waals surface area contributed by atoms with E-state index < -0.39 is 0 Å². The minimum absolute atomic E-state index is 0.422. The van der Waals surface area contributed by atoms with Gasteiger partial charge in [-0.3, -0.25) is 0 Å². The number of hydrogen-bond acceptors (Lipinski definition) is 4. The highest BCUT2D eigenvalue weighted by atomic mass is 79.9. The summed E-state index contributed by atoms with van der Waals surface area (Å²) < 4.78 is 8.88. The largest absolute Gasteiger partial charge is 0.485 e. The van der Waals surface area contributed by atoms with Crippen LogP contribution in [-0.2, 0) is 19.7 Å². The Hall–Kier alpha value is -1.40. The molecule has 2 aromatic rings. The smallest absolute Gasteiger partial charge is 0.164 e. The molecule has 0 amide bonds. The molecule has 0 saturated heterocycles. The summed E-state index contributed by atoms with van der Waals surface area (Å²) >= 11 is 3.49. The van der Waals surface area contributed by atoms with Crippen molar-refractivity contribution in [3.8, 4) is 5.75 Å². The number of ether oxygens (including phenoxy) is 1. The molecule has 0 aliphatic carbocycles. The summed E-state index contributed by atoms with van der Waals surface area (Å²) in [6.45, 7) is 6.35. The zero-order chi connectivity index (χ0) is 15.2. The van der Waals surface area contributed by atoms with Gasteiger partial charge in [0.2, 0.25) is 0 Å². The molecule has 114 valence electrons. The lowest BCUT2D eigenvalue weighted by molar-refractivity contribution is 0.279. The van der Waals surface area contributed by atoms with E-state index >= 15 is 0 Å². The first-order valence-corrected chi connectivity index (χ1v) is 7.82. The summed E-state index contributed by atoms with van der Waals surface area (Å²) in [6, 6.07) is 6.01. The molecular formula is C15H21BrN4O. The highest BCUT2D eigenvalue weighted by Gasteiger charge is 2.09. The number of nitrogens with zero attached hydrogens (tertiary/aromatic N) is 3. The topological polar surface area (TPSA) is 52.0 Å². The van der Waals surface area contributed by atoms with Crippen LogP contribution in [0.3, 0.4) is 0 Å². The second kappa shape index (κ2) is 7.56. The van der Waals surface area contributed by atoms with Crippen LogP contribution in [0, 0.1) is 5.92 Å². The molecule has 0 fully saturated rings.